The summed E-state index contributed by atoms with van der Waals surface area (Å²) < 4.78 is 1.09. The van der Waals surface area contributed by atoms with Crippen molar-refractivity contribution >= 4 is 23.4 Å². The van der Waals surface area contributed by atoms with Gasteiger partial charge in [-0.3, -0.25) is 0 Å². The lowest BCUT2D eigenvalue weighted by Crippen LogP contribution is -2.37. The van der Waals surface area contributed by atoms with E-state index in [4.69, 9.17) is 11.6 Å². The van der Waals surface area contributed by atoms with Gasteiger partial charge in [-0.25, -0.2) is 0 Å². The molecule has 0 amide bonds. The van der Waals surface area contributed by atoms with Crippen LogP contribution in [0.1, 0.15) is 22.7 Å². The van der Waals surface area contributed by atoms with Gasteiger partial charge in [-0.1, -0.05) is 72.3 Å². The molecule has 1 unspecified atom stereocenters. The molecule has 0 aromatic heterocycles. The number of halogens is 1. The Labute approximate surface area is 151 Å². The lowest BCUT2D eigenvalue weighted by Gasteiger charge is -2.31. The van der Waals surface area contributed by atoms with Crippen molar-refractivity contribution in [2.24, 2.45) is 0 Å². The normalized spacial score (nSPS) is 18.3. The molecule has 0 fully saturated rings. The first kappa shape index (κ1) is 15.7. The molecule has 3 aromatic carbocycles. The van der Waals surface area contributed by atoms with Crippen molar-refractivity contribution in [1.29, 1.82) is 0 Å². The summed E-state index contributed by atoms with van der Waals surface area (Å²) in [5, 5.41) is 13.5. The zero-order valence-corrected chi connectivity index (χ0v) is 14.2. The van der Waals surface area contributed by atoms with E-state index in [0.29, 0.717) is 10.7 Å². The monoisotopic (exact) mass is 345 g/mol. The number of hydroxylamine groups is 1. The minimum Gasteiger partial charge on any atom is -0.623 e. The lowest BCUT2D eigenvalue weighted by atomic mass is 9.84. The molecule has 3 aromatic rings. The van der Waals surface area contributed by atoms with E-state index in [1.165, 1.54) is 0 Å². The van der Waals surface area contributed by atoms with Crippen molar-refractivity contribution in [3.05, 3.63) is 117 Å². The van der Waals surface area contributed by atoms with Crippen molar-refractivity contribution in [3.63, 3.8) is 0 Å². The van der Waals surface area contributed by atoms with Crippen molar-refractivity contribution in [1.82, 2.24) is 0 Å². The highest BCUT2D eigenvalue weighted by Crippen LogP contribution is 2.38. The van der Waals surface area contributed by atoms with Crippen LogP contribution in [0.4, 0.5) is 0 Å². The second-order valence-electron chi connectivity index (χ2n) is 6.00. The maximum absolute atomic E-state index is 12.9. The number of hydrogen-bond acceptors (Lipinski definition) is 1. The Kier molecular flexibility index (Phi) is 4.12. The van der Waals surface area contributed by atoms with Crippen LogP contribution in [-0.4, -0.2) is 10.5 Å². The smallest absolute Gasteiger partial charge is 0.229 e. The first-order chi connectivity index (χ1) is 12.2. The maximum Gasteiger partial charge on any atom is 0.229 e. The van der Waals surface area contributed by atoms with Crippen LogP contribution in [0.25, 0.3) is 6.08 Å². The van der Waals surface area contributed by atoms with E-state index in [1.807, 2.05) is 84.9 Å². The molecule has 1 aliphatic heterocycles. The summed E-state index contributed by atoms with van der Waals surface area (Å²) >= 11 is 5.99. The zero-order valence-electron chi connectivity index (χ0n) is 13.5. The Morgan fingerprint density at radius 1 is 0.800 bits per heavy atom. The van der Waals surface area contributed by atoms with Crippen molar-refractivity contribution < 1.29 is 4.74 Å². The molecule has 0 saturated carbocycles. The lowest BCUT2D eigenvalue weighted by molar-refractivity contribution is -0.516. The molecular formula is C22H16ClNO. The Bertz CT molecular complexity index is 944. The topological polar surface area (TPSA) is 26.1 Å². The molecule has 0 saturated heterocycles. The fraction of sp³-hybridized carbons (Fsp3) is 0.0455. The third-order valence-electron chi connectivity index (χ3n) is 4.38. The number of nitrogens with zero attached hydrogens (tertiary/aromatic N) is 1. The molecule has 0 bridgehead atoms. The van der Waals surface area contributed by atoms with Crippen LogP contribution in [-0.2, 0) is 0 Å². The van der Waals surface area contributed by atoms with Crippen LogP contribution in [0.2, 0.25) is 5.02 Å². The van der Waals surface area contributed by atoms with Gasteiger partial charge in [0.1, 0.15) is 0 Å². The Balaban J connectivity index is 1.84. The molecule has 0 N–H and O–H groups in total. The quantitative estimate of drug-likeness (QED) is 0.456. The van der Waals surface area contributed by atoms with E-state index >= 15 is 0 Å². The van der Waals surface area contributed by atoms with Gasteiger partial charge in [0.2, 0.25) is 11.8 Å². The van der Waals surface area contributed by atoms with Crippen LogP contribution >= 0.6 is 11.6 Å². The summed E-state index contributed by atoms with van der Waals surface area (Å²) in [4.78, 5) is 0. The fourth-order valence-electron chi connectivity index (χ4n) is 3.17. The minimum absolute atomic E-state index is 0.285. The van der Waals surface area contributed by atoms with E-state index in [0.717, 1.165) is 27.0 Å². The van der Waals surface area contributed by atoms with Crippen molar-refractivity contribution in [2.75, 3.05) is 0 Å². The van der Waals surface area contributed by atoms with E-state index in [1.54, 1.807) is 0 Å². The SMILES string of the molecule is [O-][N+]1=C(c2ccc(Cl)cc2)/C(=C/c2ccccc2)C1c1ccccc1. The van der Waals surface area contributed by atoms with Gasteiger partial charge >= 0.3 is 0 Å². The van der Waals surface area contributed by atoms with Crippen LogP contribution in [0.15, 0.2) is 90.5 Å². The second-order valence-corrected chi connectivity index (χ2v) is 6.44. The summed E-state index contributed by atoms with van der Waals surface area (Å²) in [6.07, 6.45) is 2.09. The van der Waals surface area contributed by atoms with E-state index in [2.05, 4.69) is 6.08 Å². The summed E-state index contributed by atoms with van der Waals surface area (Å²) in [5.74, 6) is 0. The Hall–Kier alpha value is -2.84. The minimum atomic E-state index is -0.285. The molecule has 1 heterocycles. The van der Waals surface area contributed by atoms with Crippen LogP contribution < -0.4 is 0 Å². The van der Waals surface area contributed by atoms with Gasteiger partial charge in [0.15, 0.2) is 0 Å². The molecular weight excluding hydrogens is 330 g/mol. The first-order valence-corrected chi connectivity index (χ1v) is 8.53. The largest absolute Gasteiger partial charge is 0.623 e. The van der Waals surface area contributed by atoms with Crippen LogP contribution in [0.3, 0.4) is 0 Å². The molecule has 25 heavy (non-hydrogen) atoms. The van der Waals surface area contributed by atoms with E-state index in [9.17, 15) is 5.21 Å². The van der Waals surface area contributed by atoms with Gasteiger partial charge in [-0.2, -0.15) is 4.74 Å². The number of benzene rings is 3. The summed E-state index contributed by atoms with van der Waals surface area (Å²) in [6.45, 7) is 0. The van der Waals surface area contributed by atoms with Crippen molar-refractivity contribution in [2.45, 2.75) is 6.04 Å². The molecule has 0 spiro atoms. The third-order valence-corrected chi connectivity index (χ3v) is 4.63. The highest BCUT2D eigenvalue weighted by Gasteiger charge is 2.42. The standard InChI is InChI=1S/C22H16ClNO/c23-19-13-11-18(12-14-19)22-20(15-16-7-3-1-4-8-16)21(24(22)25)17-9-5-2-6-10-17/h1-15,21H/b20-15+. The highest BCUT2D eigenvalue weighted by molar-refractivity contribution is 6.30. The van der Waals surface area contributed by atoms with E-state index < -0.39 is 0 Å². The predicted octanol–water partition coefficient (Wildman–Crippen LogP) is 5.48. The third kappa shape index (κ3) is 2.97. The van der Waals surface area contributed by atoms with E-state index in [-0.39, 0.29) is 6.04 Å². The summed E-state index contributed by atoms with van der Waals surface area (Å²) in [5.41, 5.74) is 4.69. The van der Waals surface area contributed by atoms with Crippen LogP contribution in [0.5, 0.6) is 0 Å². The number of rotatable bonds is 3. The molecule has 1 aliphatic rings. The van der Waals surface area contributed by atoms with Crippen molar-refractivity contribution in [3.8, 4) is 0 Å². The van der Waals surface area contributed by atoms with Crippen LogP contribution in [0, 0.1) is 5.21 Å². The molecule has 4 rings (SSSR count). The second kappa shape index (κ2) is 6.58. The maximum atomic E-state index is 12.9. The molecule has 0 radical (unpaired) electrons. The zero-order chi connectivity index (χ0) is 17.2. The highest BCUT2D eigenvalue weighted by atomic mass is 35.5. The molecule has 2 nitrogen and oxygen atoms in total. The molecule has 122 valence electrons. The average molecular weight is 346 g/mol. The summed E-state index contributed by atoms with van der Waals surface area (Å²) in [7, 11) is 0. The van der Waals surface area contributed by atoms with Gasteiger partial charge < -0.3 is 5.21 Å². The van der Waals surface area contributed by atoms with Gasteiger partial charge in [0, 0.05) is 16.1 Å². The molecule has 0 aliphatic carbocycles. The predicted molar refractivity (Wildman–Crippen MR) is 103 cm³/mol. The first-order valence-electron chi connectivity index (χ1n) is 8.15. The van der Waals surface area contributed by atoms with Gasteiger partial charge in [-0.05, 0) is 35.9 Å². The van der Waals surface area contributed by atoms with Gasteiger partial charge in [0.25, 0.3) is 0 Å². The Morgan fingerprint density at radius 3 is 2.04 bits per heavy atom. The summed E-state index contributed by atoms with van der Waals surface area (Å²) in [6, 6.07) is 27.1. The van der Waals surface area contributed by atoms with Gasteiger partial charge in [-0.15, -0.1) is 0 Å². The molecule has 3 heteroatoms. The van der Waals surface area contributed by atoms with Gasteiger partial charge in [0.05, 0.1) is 5.57 Å². The average Bonchev–Trinajstić information content (AvgIpc) is 2.65. The number of hydrogen-bond donors (Lipinski definition) is 0. The molecule has 1 atom stereocenters. The fourth-order valence-corrected chi connectivity index (χ4v) is 3.30. The Morgan fingerprint density at radius 2 is 1.40 bits per heavy atom.